The van der Waals surface area contributed by atoms with Gasteiger partial charge in [-0.2, -0.15) is 8.78 Å². The molecule has 1 unspecified atom stereocenters. The molecule has 1 spiro atoms. The Kier molecular flexibility index (Phi) is 5.15. The molecule has 0 bridgehead atoms. The summed E-state index contributed by atoms with van der Waals surface area (Å²) in [6, 6.07) is 14.6. The number of esters is 1. The van der Waals surface area contributed by atoms with E-state index < -0.39 is 51.4 Å². The number of fused-ring (bicyclic) bond motifs is 6. The summed E-state index contributed by atoms with van der Waals surface area (Å²) in [5.74, 6) is -10.4. The van der Waals surface area contributed by atoms with Gasteiger partial charge in [0, 0.05) is 28.8 Å². The lowest BCUT2D eigenvalue weighted by atomic mass is 9.77. The van der Waals surface area contributed by atoms with Crippen molar-refractivity contribution in [2.75, 3.05) is 0 Å². The summed E-state index contributed by atoms with van der Waals surface area (Å²) in [4.78, 5) is 24.0. The van der Waals surface area contributed by atoms with Crippen LogP contribution in [-0.2, 0) is 10.3 Å². The van der Waals surface area contributed by atoms with Gasteiger partial charge >= 0.3 is 5.97 Å². The molecule has 2 aliphatic heterocycles. The van der Waals surface area contributed by atoms with Gasteiger partial charge in [-0.3, -0.25) is 4.79 Å². The summed E-state index contributed by atoms with van der Waals surface area (Å²) in [6.45, 7) is 0. The third-order valence-corrected chi connectivity index (χ3v) is 6.50. The molecular weight excluding hydrogens is 532 g/mol. The number of hydrogen-bond donors (Lipinski definition) is 1. The first-order valence-electron chi connectivity index (χ1n) is 10.9. The second-order valence-corrected chi connectivity index (χ2v) is 8.74. The fraction of sp³-hybridized carbons (Fsp3) is 0.0370. The third kappa shape index (κ3) is 3.20. The van der Waals surface area contributed by atoms with Gasteiger partial charge in [0.05, 0.1) is 5.56 Å². The van der Waals surface area contributed by atoms with Crippen molar-refractivity contribution in [2.45, 2.75) is 5.60 Å². The Labute approximate surface area is 215 Å². The molecule has 0 aromatic heterocycles. The maximum Gasteiger partial charge on any atom is 0.340 e. The zero-order valence-corrected chi connectivity index (χ0v) is 19.4. The van der Waals surface area contributed by atoms with Gasteiger partial charge in [0.25, 0.3) is 5.24 Å². The molecule has 0 radical (unpaired) electrons. The molecule has 2 heterocycles. The van der Waals surface area contributed by atoms with Gasteiger partial charge in [-0.1, -0.05) is 18.2 Å². The van der Waals surface area contributed by atoms with E-state index in [0.717, 1.165) is 6.07 Å². The van der Waals surface area contributed by atoms with Gasteiger partial charge in [-0.05, 0) is 41.9 Å². The summed E-state index contributed by atoms with van der Waals surface area (Å²) in [6.07, 6.45) is 0. The number of aromatic hydroxyl groups is 1. The molecule has 11 heteroatoms. The van der Waals surface area contributed by atoms with Crippen LogP contribution in [0.2, 0.25) is 0 Å². The molecule has 38 heavy (non-hydrogen) atoms. The summed E-state index contributed by atoms with van der Waals surface area (Å²) >= 11 is 5.04. The van der Waals surface area contributed by atoms with Crippen LogP contribution in [0.1, 0.15) is 37.4 Å². The molecule has 1 atom stereocenters. The predicted octanol–water partition coefficient (Wildman–Crippen LogP) is 6.69. The second kappa shape index (κ2) is 8.22. The van der Waals surface area contributed by atoms with Crippen LogP contribution in [0.15, 0.2) is 60.7 Å². The summed E-state index contributed by atoms with van der Waals surface area (Å²) in [5, 5.41) is 8.31. The van der Waals surface area contributed by atoms with Crippen LogP contribution < -0.4 is 9.47 Å². The number of benzene rings is 4. The zero-order chi connectivity index (χ0) is 26.9. The normalized spacial score (nSPS) is 16.8. The van der Waals surface area contributed by atoms with E-state index in [-0.39, 0.29) is 23.0 Å². The smallest absolute Gasteiger partial charge is 0.340 e. The van der Waals surface area contributed by atoms with Crippen molar-refractivity contribution in [3.63, 3.8) is 0 Å². The molecule has 0 saturated heterocycles. The van der Waals surface area contributed by atoms with Gasteiger partial charge < -0.3 is 19.3 Å². The molecule has 4 aromatic rings. The number of ether oxygens (including phenoxy) is 3. The number of phenols is 1. The van der Waals surface area contributed by atoms with E-state index in [1.807, 2.05) is 0 Å². The maximum atomic E-state index is 14.5. The highest BCUT2D eigenvalue weighted by Crippen LogP contribution is 2.57. The van der Waals surface area contributed by atoms with Crippen molar-refractivity contribution >= 4 is 22.8 Å². The van der Waals surface area contributed by atoms with Crippen LogP contribution >= 0.6 is 11.6 Å². The number of halogens is 5. The zero-order valence-electron chi connectivity index (χ0n) is 18.7. The SMILES string of the molecule is O=C1OC2(c3ccc(O)cc3Oc3cc(Oc4c(F)c(F)c(C(=O)Cl)c(F)c4F)ccc32)c2ccccc21. The third-order valence-electron chi connectivity index (χ3n) is 6.31. The summed E-state index contributed by atoms with van der Waals surface area (Å²) in [5.41, 5.74) is -1.61. The van der Waals surface area contributed by atoms with E-state index >= 15 is 0 Å². The molecule has 1 N–H and O–H groups in total. The first kappa shape index (κ1) is 23.8. The van der Waals surface area contributed by atoms with Crippen LogP contribution in [0, 0.1) is 23.3 Å². The Morgan fingerprint density at radius 3 is 2.16 bits per heavy atom. The average molecular weight is 543 g/mol. The van der Waals surface area contributed by atoms with Crippen molar-refractivity contribution in [3.8, 4) is 28.7 Å². The van der Waals surface area contributed by atoms with Gasteiger partial charge in [0.15, 0.2) is 17.2 Å². The number of rotatable bonds is 3. The minimum absolute atomic E-state index is 0.000538. The Hall–Kier alpha value is -4.57. The van der Waals surface area contributed by atoms with Crippen LogP contribution in [0.4, 0.5) is 17.6 Å². The van der Waals surface area contributed by atoms with Crippen molar-refractivity contribution in [1.29, 1.82) is 0 Å². The lowest BCUT2D eigenvalue weighted by Gasteiger charge is -2.36. The minimum Gasteiger partial charge on any atom is -0.508 e. The molecule has 190 valence electrons. The molecule has 0 amide bonds. The van der Waals surface area contributed by atoms with Crippen LogP contribution in [0.3, 0.4) is 0 Å². The quantitative estimate of drug-likeness (QED) is 0.134. The summed E-state index contributed by atoms with van der Waals surface area (Å²) in [7, 11) is 0. The molecular formula is C27H11ClF4O6. The largest absolute Gasteiger partial charge is 0.508 e. The number of hydrogen-bond acceptors (Lipinski definition) is 6. The monoisotopic (exact) mass is 542 g/mol. The molecule has 0 saturated carbocycles. The molecule has 2 aliphatic rings. The van der Waals surface area contributed by atoms with E-state index in [1.54, 1.807) is 24.3 Å². The minimum atomic E-state index is -2.02. The Morgan fingerprint density at radius 1 is 0.842 bits per heavy atom. The van der Waals surface area contributed by atoms with E-state index in [9.17, 15) is 32.3 Å². The molecule has 0 aliphatic carbocycles. The Balaban J connectivity index is 1.52. The number of phenolic OH excluding ortho intramolecular Hbond substituents is 1. The maximum absolute atomic E-state index is 14.5. The van der Waals surface area contributed by atoms with E-state index in [2.05, 4.69) is 0 Å². The van der Waals surface area contributed by atoms with Gasteiger partial charge in [0.2, 0.25) is 17.4 Å². The van der Waals surface area contributed by atoms with Crippen LogP contribution in [-0.4, -0.2) is 16.3 Å². The van der Waals surface area contributed by atoms with E-state index in [4.69, 9.17) is 25.8 Å². The van der Waals surface area contributed by atoms with Crippen molar-refractivity contribution < 1.29 is 46.5 Å². The second-order valence-electron chi connectivity index (χ2n) is 8.39. The predicted molar refractivity (Wildman–Crippen MR) is 123 cm³/mol. The number of carbonyl (C=O) groups excluding carboxylic acids is 2. The van der Waals surface area contributed by atoms with Gasteiger partial charge in [-0.15, -0.1) is 0 Å². The van der Waals surface area contributed by atoms with Gasteiger partial charge in [0.1, 0.15) is 28.6 Å². The van der Waals surface area contributed by atoms with Crippen molar-refractivity contribution in [2.24, 2.45) is 0 Å². The Bertz CT molecular complexity index is 1690. The fourth-order valence-electron chi connectivity index (χ4n) is 4.70. The van der Waals surface area contributed by atoms with Crippen molar-refractivity contribution in [1.82, 2.24) is 0 Å². The first-order valence-corrected chi connectivity index (χ1v) is 11.2. The average Bonchev–Trinajstić information content (AvgIpc) is 3.18. The van der Waals surface area contributed by atoms with E-state index in [1.165, 1.54) is 30.3 Å². The molecule has 0 fully saturated rings. The highest BCUT2D eigenvalue weighted by Gasteiger charge is 2.53. The van der Waals surface area contributed by atoms with Crippen LogP contribution in [0.5, 0.6) is 28.7 Å². The lowest BCUT2D eigenvalue weighted by molar-refractivity contribution is 0.0224. The van der Waals surface area contributed by atoms with Crippen LogP contribution in [0.25, 0.3) is 0 Å². The standard InChI is InChI=1S/C27H11ClF4O6/c28-25(34)19-20(29)22(31)24(23(32)21(19)30)36-12-6-8-16-18(10-12)37-17-9-11(33)5-7-15(17)27(16)14-4-2-1-3-13(14)26(35)38-27/h1-10,33H. The molecule has 4 aromatic carbocycles. The highest BCUT2D eigenvalue weighted by atomic mass is 35.5. The lowest BCUT2D eigenvalue weighted by Crippen LogP contribution is -2.32. The van der Waals surface area contributed by atoms with Gasteiger partial charge in [-0.25, -0.2) is 13.6 Å². The molecule has 6 nitrogen and oxygen atoms in total. The summed E-state index contributed by atoms with van der Waals surface area (Å²) < 4.78 is 74.5. The molecule has 6 rings (SSSR count). The Morgan fingerprint density at radius 2 is 1.47 bits per heavy atom. The van der Waals surface area contributed by atoms with Crippen molar-refractivity contribution in [3.05, 3.63) is 112 Å². The number of carbonyl (C=O) groups is 2. The topological polar surface area (TPSA) is 82.1 Å². The fourth-order valence-corrected chi connectivity index (χ4v) is 4.87. The van der Waals surface area contributed by atoms with E-state index in [0.29, 0.717) is 22.3 Å². The first-order chi connectivity index (χ1) is 18.1. The highest BCUT2D eigenvalue weighted by molar-refractivity contribution is 6.67.